The summed E-state index contributed by atoms with van der Waals surface area (Å²) in [5.41, 5.74) is 8.54. The fourth-order valence-corrected chi connectivity index (χ4v) is 4.98. The van der Waals surface area contributed by atoms with Crippen LogP contribution >= 0.6 is 23.1 Å². The third kappa shape index (κ3) is 2.72. The van der Waals surface area contributed by atoms with Crippen molar-refractivity contribution in [1.29, 1.82) is 0 Å². The summed E-state index contributed by atoms with van der Waals surface area (Å²) in [6.07, 6.45) is 4.75. The van der Waals surface area contributed by atoms with E-state index in [1.807, 2.05) is 13.8 Å². The van der Waals surface area contributed by atoms with Crippen LogP contribution < -0.4 is 5.73 Å². The number of nitrogens with two attached hydrogens (primary N) is 1. The fourth-order valence-electron chi connectivity index (χ4n) is 2.93. The molecule has 0 aliphatic heterocycles. The first-order valence-corrected chi connectivity index (χ1v) is 9.55. The lowest BCUT2D eigenvalue weighted by Crippen LogP contribution is -2.02. The SMILES string of the molecule is Cc1nc(SCc2nc(N)c3c4c(sc3n2)CCCC4)oc1C. The molecule has 7 heteroatoms. The molecule has 0 saturated carbocycles. The Morgan fingerprint density at radius 3 is 2.78 bits per heavy atom. The van der Waals surface area contributed by atoms with Crippen molar-refractivity contribution in [3.05, 3.63) is 27.7 Å². The highest BCUT2D eigenvalue weighted by atomic mass is 32.2. The molecule has 0 radical (unpaired) electrons. The van der Waals surface area contributed by atoms with E-state index in [4.69, 9.17) is 15.1 Å². The number of fused-ring (bicyclic) bond motifs is 3. The van der Waals surface area contributed by atoms with Crippen molar-refractivity contribution < 1.29 is 4.42 Å². The summed E-state index contributed by atoms with van der Waals surface area (Å²) in [4.78, 5) is 16.1. The Hall–Kier alpha value is -1.60. The molecule has 0 aromatic carbocycles. The first-order chi connectivity index (χ1) is 11.1. The third-order valence-electron chi connectivity index (χ3n) is 4.22. The zero-order chi connectivity index (χ0) is 16.0. The maximum Gasteiger partial charge on any atom is 0.256 e. The molecule has 120 valence electrons. The Bertz CT molecular complexity index is 864. The van der Waals surface area contributed by atoms with Gasteiger partial charge in [0.15, 0.2) is 0 Å². The average molecular weight is 346 g/mol. The van der Waals surface area contributed by atoms with Crippen molar-refractivity contribution in [3.8, 4) is 0 Å². The molecule has 0 unspecified atom stereocenters. The summed E-state index contributed by atoms with van der Waals surface area (Å²) in [6.45, 7) is 3.86. The van der Waals surface area contributed by atoms with Crippen LogP contribution in [0.2, 0.25) is 0 Å². The molecule has 3 heterocycles. The number of aryl methyl sites for hydroxylation is 4. The van der Waals surface area contributed by atoms with Gasteiger partial charge in [-0.1, -0.05) is 11.8 Å². The molecule has 3 aromatic rings. The Kier molecular flexibility index (Phi) is 3.77. The van der Waals surface area contributed by atoms with E-state index < -0.39 is 0 Å². The maximum atomic E-state index is 6.23. The molecule has 2 N–H and O–H groups in total. The van der Waals surface area contributed by atoms with Gasteiger partial charge in [0.25, 0.3) is 5.22 Å². The number of rotatable bonds is 3. The van der Waals surface area contributed by atoms with Gasteiger partial charge in [-0.05, 0) is 45.1 Å². The Morgan fingerprint density at radius 1 is 1.17 bits per heavy atom. The summed E-state index contributed by atoms with van der Waals surface area (Å²) in [5, 5.41) is 1.74. The second kappa shape index (κ2) is 5.79. The second-order valence-corrected chi connectivity index (χ2v) is 7.84. The Labute approximate surface area is 142 Å². The molecular formula is C16H18N4OS2. The third-order valence-corrected chi connectivity index (χ3v) is 6.23. The van der Waals surface area contributed by atoms with Crippen molar-refractivity contribution in [2.45, 2.75) is 50.5 Å². The number of thioether (sulfide) groups is 1. The highest BCUT2D eigenvalue weighted by molar-refractivity contribution is 7.98. The number of oxazole rings is 1. The zero-order valence-corrected chi connectivity index (χ0v) is 14.8. The summed E-state index contributed by atoms with van der Waals surface area (Å²) in [7, 11) is 0. The molecule has 0 bridgehead atoms. The minimum atomic E-state index is 0.613. The van der Waals surface area contributed by atoms with Crippen LogP contribution in [0.5, 0.6) is 0 Å². The first-order valence-electron chi connectivity index (χ1n) is 7.75. The van der Waals surface area contributed by atoms with Crippen molar-refractivity contribution >= 4 is 39.1 Å². The van der Waals surface area contributed by atoms with E-state index in [1.165, 1.54) is 35.0 Å². The average Bonchev–Trinajstić information content (AvgIpc) is 3.05. The molecule has 0 saturated heterocycles. The molecule has 3 aromatic heterocycles. The summed E-state index contributed by atoms with van der Waals surface area (Å²) in [6, 6.07) is 0. The van der Waals surface area contributed by atoms with Crippen LogP contribution in [0.4, 0.5) is 5.82 Å². The van der Waals surface area contributed by atoms with E-state index in [0.29, 0.717) is 16.8 Å². The number of hydrogen-bond donors (Lipinski definition) is 1. The van der Waals surface area contributed by atoms with Crippen LogP contribution in [0.15, 0.2) is 9.64 Å². The lowest BCUT2D eigenvalue weighted by Gasteiger charge is -2.10. The van der Waals surface area contributed by atoms with Crippen LogP contribution in [-0.2, 0) is 18.6 Å². The molecule has 23 heavy (non-hydrogen) atoms. The Morgan fingerprint density at radius 2 is 2.00 bits per heavy atom. The second-order valence-electron chi connectivity index (χ2n) is 5.83. The van der Waals surface area contributed by atoms with Crippen LogP contribution in [0.25, 0.3) is 10.2 Å². The minimum absolute atomic E-state index is 0.613. The molecule has 1 aliphatic carbocycles. The maximum absolute atomic E-state index is 6.23. The van der Waals surface area contributed by atoms with Gasteiger partial charge in [0, 0.05) is 4.88 Å². The normalized spacial score (nSPS) is 14.3. The molecule has 5 nitrogen and oxygen atoms in total. The molecule has 0 spiro atoms. The van der Waals surface area contributed by atoms with E-state index in [9.17, 15) is 0 Å². The quantitative estimate of drug-likeness (QED) is 0.721. The molecular weight excluding hydrogens is 328 g/mol. The summed E-state index contributed by atoms with van der Waals surface area (Å²) < 4.78 is 5.59. The van der Waals surface area contributed by atoms with Gasteiger partial charge in [-0.2, -0.15) is 0 Å². The fraction of sp³-hybridized carbons (Fsp3) is 0.438. The zero-order valence-electron chi connectivity index (χ0n) is 13.2. The predicted molar refractivity (Wildman–Crippen MR) is 94.0 cm³/mol. The topological polar surface area (TPSA) is 77.8 Å². The van der Waals surface area contributed by atoms with Gasteiger partial charge < -0.3 is 10.2 Å². The largest absolute Gasteiger partial charge is 0.437 e. The van der Waals surface area contributed by atoms with Gasteiger partial charge >= 0.3 is 0 Å². The smallest absolute Gasteiger partial charge is 0.256 e. The number of nitrogens with zero attached hydrogens (tertiary/aromatic N) is 3. The molecule has 0 fully saturated rings. The van der Waals surface area contributed by atoms with Crippen LogP contribution in [0.3, 0.4) is 0 Å². The number of anilines is 1. The highest BCUT2D eigenvalue weighted by Gasteiger charge is 2.20. The summed E-state index contributed by atoms with van der Waals surface area (Å²) >= 11 is 3.28. The van der Waals surface area contributed by atoms with E-state index in [-0.39, 0.29) is 0 Å². The molecule has 4 rings (SSSR count). The van der Waals surface area contributed by atoms with Gasteiger partial charge in [0.05, 0.1) is 16.8 Å². The van der Waals surface area contributed by atoms with Crippen molar-refractivity contribution in [2.24, 2.45) is 0 Å². The predicted octanol–water partition coefficient (Wildman–Crippen LogP) is 4.05. The Balaban J connectivity index is 1.63. The van der Waals surface area contributed by atoms with Gasteiger partial charge in [0.1, 0.15) is 22.2 Å². The first kappa shape index (κ1) is 15.0. The number of thiophene rings is 1. The van der Waals surface area contributed by atoms with Crippen LogP contribution in [0.1, 0.15) is 40.6 Å². The summed E-state index contributed by atoms with van der Waals surface area (Å²) in [5.74, 6) is 2.83. The monoisotopic (exact) mass is 346 g/mol. The van der Waals surface area contributed by atoms with E-state index in [2.05, 4.69) is 9.97 Å². The van der Waals surface area contributed by atoms with Gasteiger partial charge in [-0.25, -0.2) is 15.0 Å². The lowest BCUT2D eigenvalue weighted by molar-refractivity contribution is 0.431. The standard InChI is InChI=1S/C16H18N4OS2/c1-8-9(2)21-16(18-8)22-7-12-19-14(17)13-10-5-3-4-6-11(10)23-15(13)20-12/h3-7H2,1-2H3,(H2,17,19,20). The minimum Gasteiger partial charge on any atom is -0.437 e. The van der Waals surface area contributed by atoms with Crippen LogP contribution in [-0.4, -0.2) is 15.0 Å². The van der Waals surface area contributed by atoms with E-state index in [1.54, 1.807) is 11.3 Å². The van der Waals surface area contributed by atoms with Gasteiger partial charge in [-0.15, -0.1) is 11.3 Å². The van der Waals surface area contributed by atoms with Gasteiger partial charge in [0.2, 0.25) is 0 Å². The lowest BCUT2D eigenvalue weighted by atomic mass is 9.97. The number of aromatic nitrogens is 3. The molecule has 1 aliphatic rings. The van der Waals surface area contributed by atoms with Crippen molar-refractivity contribution in [2.75, 3.05) is 5.73 Å². The van der Waals surface area contributed by atoms with E-state index >= 15 is 0 Å². The van der Waals surface area contributed by atoms with Crippen LogP contribution in [0, 0.1) is 13.8 Å². The number of nitrogen functional groups attached to an aromatic ring is 1. The van der Waals surface area contributed by atoms with Crippen molar-refractivity contribution in [3.63, 3.8) is 0 Å². The van der Waals surface area contributed by atoms with E-state index in [0.717, 1.165) is 40.3 Å². The number of hydrogen-bond acceptors (Lipinski definition) is 7. The van der Waals surface area contributed by atoms with Gasteiger partial charge in [-0.3, -0.25) is 0 Å². The molecule has 0 amide bonds. The molecule has 0 atom stereocenters. The highest BCUT2D eigenvalue weighted by Crippen LogP contribution is 2.38. The van der Waals surface area contributed by atoms with Crippen molar-refractivity contribution in [1.82, 2.24) is 15.0 Å².